The summed E-state index contributed by atoms with van der Waals surface area (Å²) >= 11 is 2.38. The Bertz CT molecular complexity index is 2280. The number of oxime groups is 1. The average molecular weight is 955 g/mol. The van der Waals surface area contributed by atoms with Gasteiger partial charge in [-0.05, 0) is 47.5 Å². The normalized spacial score (nSPS) is 18.8. The molecule has 5 aromatic carbocycles. The first-order valence-electron chi connectivity index (χ1n) is 18.6. The Morgan fingerprint density at radius 1 is 0.847 bits per heavy atom. The molecule has 59 heavy (non-hydrogen) atoms. The lowest BCUT2D eigenvalue weighted by Crippen LogP contribution is -3.00. The van der Waals surface area contributed by atoms with Crippen LogP contribution in [0, 0.1) is 5.41 Å². The number of β-lactam (4-membered cyclic amide) rings is 1. The van der Waals surface area contributed by atoms with E-state index in [0.29, 0.717) is 11.9 Å². The van der Waals surface area contributed by atoms with Gasteiger partial charge in [-0.1, -0.05) is 120 Å². The van der Waals surface area contributed by atoms with E-state index >= 15 is 4.79 Å². The van der Waals surface area contributed by atoms with Gasteiger partial charge in [-0.2, -0.15) is 9.36 Å². The lowest BCUT2D eigenvalue weighted by molar-refractivity contribution is -0.164. The number of fused-ring (bicyclic) bond motifs is 1. The first kappa shape index (κ1) is 42.0. The molecule has 0 bridgehead atoms. The third-order valence-electron chi connectivity index (χ3n) is 10.5. The fourth-order valence-corrected chi connectivity index (χ4v) is 14.6. The van der Waals surface area contributed by atoms with Gasteiger partial charge in [0.15, 0.2) is 11.2 Å². The van der Waals surface area contributed by atoms with Gasteiger partial charge in [-0.15, -0.1) is 11.8 Å². The molecule has 3 heterocycles. The van der Waals surface area contributed by atoms with Gasteiger partial charge in [0, 0.05) is 23.8 Å². The van der Waals surface area contributed by atoms with Crippen LogP contribution in [0.25, 0.3) is 0 Å². The number of nitrogens with zero attached hydrogens (tertiary/aromatic N) is 4. The molecule has 11 nitrogen and oxygen atoms in total. The molecular weight excluding hydrogens is 915 g/mol. The van der Waals surface area contributed by atoms with Gasteiger partial charge < -0.3 is 49.5 Å². The van der Waals surface area contributed by atoms with E-state index in [2.05, 4.69) is 56.2 Å². The summed E-state index contributed by atoms with van der Waals surface area (Å²) in [5, 5.41) is 9.70. The highest BCUT2D eigenvalue weighted by molar-refractivity contribution is 8.00. The van der Waals surface area contributed by atoms with Crippen LogP contribution in [0.1, 0.15) is 23.1 Å². The predicted molar refractivity (Wildman–Crippen MR) is 231 cm³/mol. The van der Waals surface area contributed by atoms with E-state index in [1.54, 1.807) is 4.90 Å². The number of esters is 1. The van der Waals surface area contributed by atoms with Crippen molar-refractivity contribution in [3.8, 4) is 0 Å². The second-order valence-corrected chi connectivity index (χ2v) is 19.4. The van der Waals surface area contributed by atoms with E-state index in [0.717, 1.165) is 38.6 Å². The second kappa shape index (κ2) is 18.4. The van der Waals surface area contributed by atoms with Crippen molar-refractivity contribution in [1.29, 1.82) is 0 Å². The van der Waals surface area contributed by atoms with Crippen LogP contribution in [0.2, 0.25) is 0 Å². The number of nitrogens with two attached hydrogens (primary N) is 1. The number of rotatable bonds is 13. The average Bonchev–Trinajstić information content (AvgIpc) is 3.72. The number of carbonyl (C=O) groups excluding carboxylic acids is 3. The van der Waals surface area contributed by atoms with Crippen molar-refractivity contribution in [1.82, 2.24) is 19.6 Å². The van der Waals surface area contributed by atoms with E-state index in [-0.39, 0.29) is 53.1 Å². The van der Waals surface area contributed by atoms with Gasteiger partial charge in [0.1, 0.15) is 47.1 Å². The third-order valence-corrected chi connectivity index (χ3v) is 17.2. The van der Waals surface area contributed by atoms with Crippen molar-refractivity contribution in [2.75, 3.05) is 31.3 Å². The standard InChI is InChI=1S/C44H39N6O5PS2.HI/c1-54-48-35(38-47-43(45)58-49-38)39(51)46-36-40(52)50-27-44(29-57-41(36)50,42(53)55-37(30-17-7-2-8-18-30)31-19-9-3-10-20-31)28-56(32-21-11-4-12-22-32,33-23-13-5-14-24-33)34-25-15-6-16-26-34;/h2-26,36-37,41H,27-29H2,1H3,(H2-,45,46,47,49,51);1H/t36?,41-,44?;/m1./s1. The third kappa shape index (κ3) is 8.36. The van der Waals surface area contributed by atoms with Crippen LogP contribution in [-0.4, -0.2) is 74.7 Å². The number of nitrogens with one attached hydrogen (secondary N) is 1. The molecule has 2 unspecified atom stereocenters. The number of ether oxygens (including phenoxy) is 1. The van der Waals surface area contributed by atoms with Crippen LogP contribution < -0.4 is 50.9 Å². The molecule has 0 radical (unpaired) electrons. The van der Waals surface area contributed by atoms with Crippen molar-refractivity contribution in [2.45, 2.75) is 17.5 Å². The van der Waals surface area contributed by atoms with Crippen molar-refractivity contribution in [3.05, 3.63) is 169 Å². The van der Waals surface area contributed by atoms with E-state index in [9.17, 15) is 9.59 Å². The van der Waals surface area contributed by atoms with Crippen LogP contribution in [-0.2, 0) is 24.0 Å². The second-order valence-electron chi connectivity index (χ2n) is 14.1. The number of hydrogen-bond donors (Lipinski definition) is 2. The molecule has 2 aliphatic rings. The quantitative estimate of drug-likeness (QED) is 0.0444. The molecule has 15 heteroatoms. The summed E-state index contributed by atoms with van der Waals surface area (Å²) in [6, 6.07) is 49.6. The monoisotopic (exact) mass is 954 g/mol. The minimum atomic E-state index is -2.64. The highest BCUT2D eigenvalue weighted by Gasteiger charge is 2.63. The first-order valence-corrected chi connectivity index (χ1v) is 22.4. The van der Waals surface area contributed by atoms with E-state index in [4.69, 9.17) is 15.3 Å². The first-order chi connectivity index (χ1) is 28.3. The molecule has 2 aliphatic heterocycles. The smallest absolute Gasteiger partial charge is 0.319 e. The summed E-state index contributed by atoms with van der Waals surface area (Å²) in [7, 11) is -1.33. The van der Waals surface area contributed by atoms with Crippen molar-refractivity contribution in [2.24, 2.45) is 10.6 Å². The fraction of sp³-hybridized carbons (Fsp3) is 0.182. The Balaban J connectivity index is 0.00000528. The Labute approximate surface area is 368 Å². The molecule has 0 aliphatic carbocycles. The number of carbonyl (C=O) groups is 3. The Hall–Kier alpha value is -5.15. The molecule has 300 valence electrons. The number of hydrogen-bond acceptors (Lipinski definition) is 11. The maximum absolute atomic E-state index is 15.5. The molecule has 3 N–H and O–H groups in total. The van der Waals surface area contributed by atoms with Gasteiger partial charge in [-0.3, -0.25) is 14.4 Å². The number of amides is 2. The molecule has 8 rings (SSSR count). The number of benzene rings is 5. The van der Waals surface area contributed by atoms with Gasteiger partial charge in [0.25, 0.3) is 5.91 Å². The lowest BCUT2D eigenvalue weighted by Gasteiger charge is -2.54. The molecular formula is C44H40IN6O5PS2. The van der Waals surface area contributed by atoms with Gasteiger partial charge in [0.2, 0.25) is 17.4 Å². The molecule has 0 spiro atoms. The van der Waals surface area contributed by atoms with Crippen LogP contribution >= 0.6 is 30.6 Å². The predicted octanol–water partition coefficient (Wildman–Crippen LogP) is 2.19. The SMILES string of the molecule is CON=C(C(=O)NC1C(=O)N2CC(C[P+](c3ccccc3)(c3ccccc3)c3ccccc3)(C(=O)OC(c3ccccc3)c3ccccc3)CS[C@H]12)c1nsc(N)n1.[I-]. The zero-order valence-electron chi connectivity index (χ0n) is 31.8. The lowest BCUT2D eigenvalue weighted by atomic mass is 9.88. The summed E-state index contributed by atoms with van der Waals surface area (Å²) in [5.41, 5.74) is 6.06. The maximum Gasteiger partial charge on any atom is 0.319 e. The van der Waals surface area contributed by atoms with E-state index < -0.39 is 42.1 Å². The van der Waals surface area contributed by atoms with Crippen LogP contribution in [0.15, 0.2) is 157 Å². The minimum Gasteiger partial charge on any atom is -1.00 e. The Kier molecular flexibility index (Phi) is 13.1. The van der Waals surface area contributed by atoms with Crippen LogP contribution in [0.3, 0.4) is 0 Å². The largest absolute Gasteiger partial charge is 1.00 e. The summed E-state index contributed by atoms with van der Waals surface area (Å²) in [5.74, 6) is -1.08. The maximum atomic E-state index is 15.5. The zero-order chi connectivity index (χ0) is 40.1. The molecule has 1 aromatic heterocycles. The molecule has 2 saturated heterocycles. The van der Waals surface area contributed by atoms with Gasteiger partial charge in [-0.25, -0.2) is 0 Å². The van der Waals surface area contributed by atoms with E-state index in [1.165, 1.54) is 18.9 Å². The summed E-state index contributed by atoms with van der Waals surface area (Å²) in [6.45, 7) is 0.0858. The Morgan fingerprint density at radius 2 is 1.34 bits per heavy atom. The highest BCUT2D eigenvalue weighted by atomic mass is 127. The number of anilines is 1. The van der Waals surface area contributed by atoms with Gasteiger partial charge in [0.05, 0.1) is 6.16 Å². The fourth-order valence-electron chi connectivity index (χ4n) is 7.77. The molecule has 2 amide bonds. The summed E-state index contributed by atoms with van der Waals surface area (Å²) in [4.78, 5) is 54.0. The molecule has 0 saturated carbocycles. The number of nitrogen functional groups attached to an aromatic ring is 1. The van der Waals surface area contributed by atoms with Crippen LogP contribution in [0.5, 0.6) is 0 Å². The van der Waals surface area contributed by atoms with Crippen molar-refractivity contribution >= 4 is 75.1 Å². The molecule has 2 fully saturated rings. The number of aromatic nitrogens is 2. The topological polar surface area (TPSA) is 149 Å². The number of halogens is 1. The Morgan fingerprint density at radius 3 is 1.80 bits per heavy atom. The molecule has 6 aromatic rings. The molecule has 3 atom stereocenters. The highest BCUT2D eigenvalue weighted by Crippen LogP contribution is 2.61. The van der Waals surface area contributed by atoms with Gasteiger partial charge >= 0.3 is 5.97 Å². The summed E-state index contributed by atoms with van der Waals surface area (Å²) < 4.78 is 10.9. The van der Waals surface area contributed by atoms with Crippen molar-refractivity contribution < 1.29 is 47.9 Å². The summed E-state index contributed by atoms with van der Waals surface area (Å²) in [6.07, 6.45) is -0.312. The van der Waals surface area contributed by atoms with E-state index in [1.807, 2.05) is 115 Å². The number of thioether (sulfide) groups is 1. The van der Waals surface area contributed by atoms with Crippen molar-refractivity contribution in [3.63, 3.8) is 0 Å². The zero-order valence-corrected chi connectivity index (χ0v) is 36.5. The van der Waals surface area contributed by atoms with Crippen LogP contribution in [0.4, 0.5) is 5.13 Å². The minimum absolute atomic E-state index is 0.